The molecule has 1 amide bonds. The van der Waals surface area contributed by atoms with Crippen molar-refractivity contribution in [3.8, 4) is 5.75 Å². The highest BCUT2D eigenvalue weighted by molar-refractivity contribution is 8.18. The van der Waals surface area contributed by atoms with Crippen molar-refractivity contribution in [3.63, 3.8) is 0 Å². The highest BCUT2D eigenvalue weighted by Crippen LogP contribution is 2.33. The minimum Gasteiger partial charge on any atom is -0.494 e. The van der Waals surface area contributed by atoms with E-state index in [-0.39, 0.29) is 5.91 Å². The van der Waals surface area contributed by atoms with E-state index in [9.17, 15) is 9.59 Å². The SMILES string of the molecule is CCOc1cccc(/C=C2/SC(=Nc3ccc(C(=O)OC)cc3)N(C)C2=O)c1. The number of methoxy groups -OCH3 is 1. The molecule has 1 fully saturated rings. The molecule has 7 heteroatoms. The van der Waals surface area contributed by atoms with Crippen LogP contribution in [-0.4, -0.2) is 42.7 Å². The number of carbonyl (C=O) groups is 2. The van der Waals surface area contributed by atoms with E-state index in [1.54, 1.807) is 31.3 Å². The van der Waals surface area contributed by atoms with Gasteiger partial charge in [0, 0.05) is 7.05 Å². The minimum absolute atomic E-state index is 0.114. The normalized spacial score (nSPS) is 16.7. The number of esters is 1. The Hall–Kier alpha value is -3.06. The number of benzene rings is 2. The second-order valence-electron chi connectivity index (χ2n) is 5.91. The van der Waals surface area contributed by atoms with Gasteiger partial charge in [-0.3, -0.25) is 9.69 Å². The summed E-state index contributed by atoms with van der Waals surface area (Å²) in [5, 5.41) is 0.572. The first-order valence-electron chi connectivity index (χ1n) is 8.69. The van der Waals surface area contributed by atoms with Crippen LogP contribution in [0.4, 0.5) is 5.69 Å². The van der Waals surface area contributed by atoms with Crippen LogP contribution in [0.1, 0.15) is 22.8 Å². The zero-order chi connectivity index (χ0) is 20.1. The van der Waals surface area contributed by atoms with E-state index in [1.165, 1.54) is 23.8 Å². The summed E-state index contributed by atoms with van der Waals surface area (Å²) >= 11 is 1.31. The van der Waals surface area contributed by atoms with Crippen LogP contribution in [0.25, 0.3) is 6.08 Å². The van der Waals surface area contributed by atoms with Crippen LogP contribution < -0.4 is 4.74 Å². The van der Waals surface area contributed by atoms with Crippen molar-refractivity contribution in [3.05, 3.63) is 64.6 Å². The number of carbonyl (C=O) groups excluding carboxylic acids is 2. The third-order valence-electron chi connectivity index (χ3n) is 3.98. The van der Waals surface area contributed by atoms with Crippen LogP contribution in [0, 0.1) is 0 Å². The van der Waals surface area contributed by atoms with Gasteiger partial charge in [0.1, 0.15) is 5.75 Å². The Bertz CT molecular complexity index is 951. The Labute approximate surface area is 167 Å². The van der Waals surface area contributed by atoms with Crippen LogP contribution in [-0.2, 0) is 9.53 Å². The van der Waals surface area contributed by atoms with Crippen LogP contribution in [0.5, 0.6) is 5.75 Å². The summed E-state index contributed by atoms with van der Waals surface area (Å²) in [4.78, 5) is 30.7. The van der Waals surface area contributed by atoms with E-state index in [1.807, 2.05) is 37.3 Å². The van der Waals surface area contributed by atoms with Gasteiger partial charge in [-0.2, -0.15) is 0 Å². The molecule has 1 saturated heterocycles. The molecule has 0 aliphatic carbocycles. The molecule has 0 spiro atoms. The molecule has 0 aromatic heterocycles. The maximum absolute atomic E-state index is 12.6. The largest absolute Gasteiger partial charge is 0.494 e. The van der Waals surface area contributed by atoms with E-state index in [0.717, 1.165) is 11.3 Å². The molecule has 2 aromatic rings. The average Bonchev–Trinajstić information content (AvgIpc) is 2.96. The Morgan fingerprint density at radius 3 is 2.64 bits per heavy atom. The van der Waals surface area contributed by atoms with Crippen LogP contribution in [0.3, 0.4) is 0 Å². The van der Waals surface area contributed by atoms with Gasteiger partial charge in [-0.05, 0) is 66.7 Å². The molecule has 6 nitrogen and oxygen atoms in total. The number of amides is 1. The summed E-state index contributed by atoms with van der Waals surface area (Å²) < 4.78 is 10.2. The lowest BCUT2D eigenvalue weighted by Gasteiger charge is -2.07. The van der Waals surface area contributed by atoms with Gasteiger partial charge < -0.3 is 9.47 Å². The Morgan fingerprint density at radius 1 is 1.21 bits per heavy atom. The number of nitrogens with zero attached hydrogens (tertiary/aromatic N) is 2. The van der Waals surface area contributed by atoms with Gasteiger partial charge in [0.2, 0.25) is 0 Å². The first kappa shape index (κ1) is 19.7. The summed E-state index contributed by atoms with van der Waals surface area (Å²) in [5.41, 5.74) is 1.98. The first-order chi connectivity index (χ1) is 13.5. The van der Waals surface area contributed by atoms with Crippen molar-refractivity contribution in [1.29, 1.82) is 0 Å². The maximum atomic E-state index is 12.6. The van der Waals surface area contributed by atoms with Gasteiger partial charge in [0.25, 0.3) is 5.91 Å². The molecule has 3 rings (SSSR count). The molecule has 1 aliphatic heterocycles. The molecule has 0 N–H and O–H groups in total. The monoisotopic (exact) mass is 396 g/mol. The molecule has 0 radical (unpaired) electrons. The quantitative estimate of drug-likeness (QED) is 0.562. The first-order valence-corrected chi connectivity index (χ1v) is 9.51. The fraction of sp³-hybridized carbons (Fsp3) is 0.190. The number of thioether (sulfide) groups is 1. The Balaban J connectivity index is 1.82. The fourth-order valence-electron chi connectivity index (χ4n) is 2.56. The minimum atomic E-state index is -0.402. The summed E-state index contributed by atoms with van der Waals surface area (Å²) in [7, 11) is 3.03. The van der Waals surface area contributed by atoms with Crippen molar-refractivity contribution in [1.82, 2.24) is 4.90 Å². The molecule has 0 atom stereocenters. The Morgan fingerprint density at radius 2 is 1.96 bits per heavy atom. The number of ether oxygens (including phenoxy) is 2. The van der Waals surface area contributed by atoms with Crippen molar-refractivity contribution in [2.45, 2.75) is 6.92 Å². The fourth-order valence-corrected chi connectivity index (χ4v) is 3.55. The topological polar surface area (TPSA) is 68.2 Å². The average molecular weight is 396 g/mol. The third kappa shape index (κ3) is 4.43. The lowest BCUT2D eigenvalue weighted by atomic mass is 10.2. The molecular weight excluding hydrogens is 376 g/mol. The highest BCUT2D eigenvalue weighted by Gasteiger charge is 2.30. The summed E-state index contributed by atoms with van der Waals surface area (Å²) in [6, 6.07) is 14.3. The van der Waals surface area contributed by atoms with E-state index < -0.39 is 5.97 Å². The lowest BCUT2D eigenvalue weighted by molar-refractivity contribution is -0.121. The van der Waals surface area contributed by atoms with Crippen molar-refractivity contribution >= 4 is 40.6 Å². The number of hydrogen-bond donors (Lipinski definition) is 0. The van der Waals surface area contributed by atoms with Crippen molar-refractivity contribution < 1.29 is 19.1 Å². The smallest absolute Gasteiger partial charge is 0.337 e. The molecule has 28 heavy (non-hydrogen) atoms. The van der Waals surface area contributed by atoms with Crippen molar-refractivity contribution in [2.24, 2.45) is 4.99 Å². The maximum Gasteiger partial charge on any atom is 0.337 e. The number of rotatable bonds is 5. The zero-order valence-electron chi connectivity index (χ0n) is 15.8. The highest BCUT2D eigenvalue weighted by atomic mass is 32.2. The molecule has 1 heterocycles. The predicted octanol–water partition coefficient (Wildman–Crippen LogP) is 4.11. The van der Waals surface area contributed by atoms with Gasteiger partial charge in [-0.1, -0.05) is 12.1 Å². The summed E-state index contributed by atoms with van der Waals surface area (Å²) in [6.07, 6.45) is 1.83. The van der Waals surface area contributed by atoms with E-state index >= 15 is 0 Å². The Kier molecular flexibility index (Phi) is 6.16. The predicted molar refractivity (Wildman–Crippen MR) is 111 cm³/mol. The van der Waals surface area contributed by atoms with E-state index in [4.69, 9.17) is 4.74 Å². The molecule has 0 bridgehead atoms. The van der Waals surface area contributed by atoms with Gasteiger partial charge >= 0.3 is 5.97 Å². The molecule has 1 aliphatic rings. The van der Waals surface area contributed by atoms with Crippen LogP contribution in [0.2, 0.25) is 0 Å². The van der Waals surface area contributed by atoms with Crippen LogP contribution >= 0.6 is 11.8 Å². The van der Waals surface area contributed by atoms with E-state index in [0.29, 0.717) is 27.9 Å². The van der Waals surface area contributed by atoms with Crippen molar-refractivity contribution in [2.75, 3.05) is 20.8 Å². The second kappa shape index (κ2) is 8.75. The number of aliphatic imine (C=N–C) groups is 1. The summed E-state index contributed by atoms with van der Waals surface area (Å²) in [6.45, 7) is 2.51. The summed E-state index contributed by atoms with van der Waals surface area (Å²) in [5.74, 6) is 0.248. The standard InChI is InChI=1S/C21H20N2O4S/c1-4-27-17-7-5-6-14(12-17)13-18-19(24)23(2)21(28-18)22-16-10-8-15(9-11-16)20(25)26-3/h5-13H,4H2,1-3H3/b18-13+,22-21?. The van der Waals surface area contributed by atoms with Crippen LogP contribution in [0.15, 0.2) is 58.4 Å². The zero-order valence-corrected chi connectivity index (χ0v) is 16.7. The lowest BCUT2D eigenvalue weighted by Crippen LogP contribution is -2.23. The molecule has 2 aromatic carbocycles. The second-order valence-corrected chi connectivity index (χ2v) is 6.92. The number of likely N-dealkylation sites (N-methyl/N-ethyl adjacent to an activating group) is 1. The third-order valence-corrected chi connectivity index (χ3v) is 5.04. The number of amidine groups is 1. The van der Waals surface area contributed by atoms with Gasteiger partial charge in [0.15, 0.2) is 5.17 Å². The van der Waals surface area contributed by atoms with Gasteiger partial charge in [0.05, 0.1) is 29.9 Å². The molecule has 0 saturated carbocycles. The van der Waals surface area contributed by atoms with Gasteiger partial charge in [-0.15, -0.1) is 0 Å². The van der Waals surface area contributed by atoms with Gasteiger partial charge in [-0.25, -0.2) is 9.79 Å². The van der Waals surface area contributed by atoms with E-state index in [2.05, 4.69) is 9.73 Å². The molecule has 144 valence electrons. The molecule has 0 unspecified atom stereocenters. The molecular formula is C21H20N2O4S. The number of hydrogen-bond acceptors (Lipinski definition) is 6.